The summed E-state index contributed by atoms with van der Waals surface area (Å²) in [6.07, 6.45) is 0.711. The van der Waals surface area contributed by atoms with Crippen molar-refractivity contribution in [3.8, 4) is 0 Å². The molecule has 0 saturated carbocycles. The summed E-state index contributed by atoms with van der Waals surface area (Å²) in [4.78, 5) is 11.4. The summed E-state index contributed by atoms with van der Waals surface area (Å²) in [6.45, 7) is 5.65. The number of aliphatic hydroxyl groups is 1. The molecule has 110 valence electrons. The minimum absolute atomic E-state index is 0.0158. The van der Waals surface area contributed by atoms with Crippen LogP contribution < -0.4 is 5.32 Å². The van der Waals surface area contributed by atoms with Crippen LogP contribution >= 0.6 is 0 Å². The molecule has 1 aromatic carbocycles. The molecule has 0 bridgehead atoms. The molecule has 4 nitrogen and oxygen atoms in total. The Balaban J connectivity index is 2.89. The van der Waals surface area contributed by atoms with Crippen molar-refractivity contribution in [3.05, 3.63) is 47.8 Å². The topological polar surface area (TPSA) is 58.6 Å². The van der Waals surface area contributed by atoms with Crippen LogP contribution in [0.25, 0.3) is 0 Å². The molecule has 0 radical (unpaired) electrons. The van der Waals surface area contributed by atoms with Crippen molar-refractivity contribution in [1.82, 2.24) is 5.32 Å². The zero-order valence-electron chi connectivity index (χ0n) is 11.7. The van der Waals surface area contributed by atoms with Crippen LogP contribution in [0.3, 0.4) is 0 Å². The van der Waals surface area contributed by atoms with E-state index in [4.69, 9.17) is 0 Å². The first kappa shape index (κ1) is 16.3. The van der Waals surface area contributed by atoms with E-state index >= 15 is 0 Å². The van der Waals surface area contributed by atoms with Gasteiger partial charge in [0.15, 0.2) is 0 Å². The van der Waals surface area contributed by atoms with Crippen molar-refractivity contribution in [3.63, 3.8) is 0 Å². The molecular weight excluding hydrogens is 261 g/mol. The van der Waals surface area contributed by atoms with Crippen LogP contribution in [0.1, 0.15) is 23.7 Å². The predicted molar refractivity (Wildman–Crippen MR) is 74.7 cm³/mol. The smallest absolute Gasteiger partial charge is 0.307 e. The highest BCUT2D eigenvalue weighted by atomic mass is 19.1. The second kappa shape index (κ2) is 7.77. The maximum Gasteiger partial charge on any atom is 0.307 e. The zero-order chi connectivity index (χ0) is 15.1. The number of carbonyl (C=O) groups is 1. The van der Waals surface area contributed by atoms with Gasteiger partial charge in [-0.25, -0.2) is 4.39 Å². The fourth-order valence-electron chi connectivity index (χ4n) is 1.88. The third-order valence-electron chi connectivity index (χ3n) is 3.04. The van der Waals surface area contributed by atoms with E-state index in [-0.39, 0.29) is 12.2 Å². The SMILES string of the molecule is C=CCNC(CC(=O)OC)C(O)c1ccc(F)c(C)c1. The van der Waals surface area contributed by atoms with Gasteiger partial charge in [-0.1, -0.05) is 18.2 Å². The molecule has 0 aliphatic rings. The normalized spacial score (nSPS) is 13.6. The molecule has 0 saturated heterocycles. The molecule has 0 heterocycles. The van der Waals surface area contributed by atoms with Gasteiger partial charge < -0.3 is 15.2 Å². The van der Waals surface area contributed by atoms with Crippen molar-refractivity contribution in [2.75, 3.05) is 13.7 Å². The van der Waals surface area contributed by atoms with Crippen LogP contribution in [-0.4, -0.2) is 30.8 Å². The number of ether oxygens (including phenoxy) is 1. The van der Waals surface area contributed by atoms with Gasteiger partial charge in [0.05, 0.1) is 19.6 Å². The summed E-state index contributed by atoms with van der Waals surface area (Å²) >= 11 is 0. The van der Waals surface area contributed by atoms with Gasteiger partial charge in [-0.15, -0.1) is 6.58 Å². The fraction of sp³-hybridized carbons (Fsp3) is 0.400. The van der Waals surface area contributed by atoms with Crippen molar-refractivity contribution in [2.24, 2.45) is 0 Å². The fourth-order valence-corrected chi connectivity index (χ4v) is 1.88. The Labute approximate surface area is 118 Å². The molecule has 0 spiro atoms. The molecule has 5 heteroatoms. The van der Waals surface area contributed by atoms with Gasteiger partial charge in [0.2, 0.25) is 0 Å². The van der Waals surface area contributed by atoms with E-state index in [2.05, 4.69) is 16.6 Å². The van der Waals surface area contributed by atoms with Gasteiger partial charge >= 0.3 is 5.97 Å². The van der Waals surface area contributed by atoms with Crippen molar-refractivity contribution < 1.29 is 19.0 Å². The van der Waals surface area contributed by atoms with Gasteiger partial charge in [-0.2, -0.15) is 0 Å². The third kappa shape index (κ3) is 4.43. The lowest BCUT2D eigenvalue weighted by Crippen LogP contribution is -2.37. The predicted octanol–water partition coefficient (Wildman–Crippen LogP) is 1.87. The summed E-state index contributed by atoms with van der Waals surface area (Å²) < 4.78 is 17.9. The molecule has 20 heavy (non-hydrogen) atoms. The molecule has 1 aromatic rings. The molecule has 0 aromatic heterocycles. The van der Waals surface area contributed by atoms with Crippen molar-refractivity contribution in [2.45, 2.75) is 25.5 Å². The second-order valence-corrected chi connectivity index (χ2v) is 4.54. The summed E-state index contributed by atoms with van der Waals surface area (Å²) in [5, 5.41) is 13.3. The van der Waals surface area contributed by atoms with Crippen molar-refractivity contribution in [1.29, 1.82) is 0 Å². The molecule has 2 atom stereocenters. The van der Waals surface area contributed by atoms with Crippen LogP contribution in [0.5, 0.6) is 0 Å². The van der Waals surface area contributed by atoms with Crippen LogP contribution in [0.15, 0.2) is 30.9 Å². The monoisotopic (exact) mass is 281 g/mol. The highest BCUT2D eigenvalue weighted by Crippen LogP contribution is 2.21. The summed E-state index contributed by atoms with van der Waals surface area (Å²) in [7, 11) is 1.29. The molecular formula is C15H20FNO3. The average Bonchev–Trinajstić information content (AvgIpc) is 2.45. The minimum atomic E-state index is -0.937. The number of hydrogen-bond donors (Lipinski definition) is 2. The maximum atomic E-state index is 13.2. The number of aliphatic hydroxyl groups excluding tert-OH is 1. The second-order valence-electron chi connectivity index (χ2n) is 4.54. The van der Waals surface area contributed by atoms with E-state index in [0.717, 1.165) is 0 Å². The van der Waals surface area contributed by atoms with Gasteiger partial charge in [0, 0.05) is 12.6 Å². The number of hydrogen-bond acceptors (Lipinski definition) is 4. The number of esters is 1. The maximum absolute atomic E-state index is 13.2. The number of methoxy groups -OCH3 is 1. The largest absolute Gasteiger partial charge is 0.469 e. The number of carbonyl (C=O) groups excluding carboxylic acids is 1. The Morgan fingerprint density at radius 3 is 2.85 bits per heavy atom. The molecule has 0 aliphatic heterocycles. The summed E-state index contributed by atoms with van der Waals surface area (Å²) in [6, 6.07) is 3.86. The number of halogens is 1. The standard InChI is InChI=1S/C15H20FNO3/c1-4-7-17-13(9-14(18)20-3)15(19)11-5-6-12(16)10(2)8-11/h4-6,8,13,15,17,19H,1,7,9H2,2-3H3. The minimum Gasteiger partial charge on any atom is -0.469 e. The van der Waals surface area contributed by atoms with Crippen LogP contribution in [0, 0.1) is 12.7 Å². The first-order valence-corrected chi connectivity index (χ1v) is 6.34. The molecule has 2 N–H and O–H groups in total. The lowest BCUT2D eigenvalue weighted by molar-refractivity contribution is -0.142. The van der Waals surface area contributed by atoms with E-state index in [1.807, 2.05) is 0 Å². The number of benzene rings is 1. The van der Waals surface area contributed by atoms with E-state index in [1.54, 1.807) is 19.1 Å². The number of nitrogens with one attached hydrogen (secondary N) is 1. The Bertz CT molecular complexity index is 476. The number of rotatable bonds is 7. The van der Waals surface area contributed by atoms with Crippen LogP contribution in [0.2, 0.25) is 0 Å². The average molecular weight is 281 g/mol. The summed E-state index contributed by atoms with van der Waals surface area (Å²) in [5.74, 6) is -0.756. The zero-order valence-corrected chi connectivity index (χ0v) is 11.7. The quantitative estimate of drug-likeness (QED) is 0.592. The first-order valence-electron chi connectivity index (χ1n) is 6.34. The highest BCUT2D eigenvalue weighted by Gasteiger charge is 2.23. The molecule has 2 unspecified atom stereocenters. The Kier molecular flexibility index (Phi) is 6.35. The Morgan fingerprint density at radius 1 is 1.60 bits per heavy atom. The molecule has 0 amide bonds. The van der Waals surface area contributed by atoms with E-state index in [1.165, 1.54) is 19.2 Å². The lowest BCUT2D eigenvalue weighted by Gasteiger charge is -2.23. The van der Waals surface area contributed by atoms with E-state index in [9.17, 15) is 14.3 Å². The Morgan fingerprint density at radius 2 is 2.30 bits per heavy atom. The first-order chi connectivity index (χ1) is 9.49. The van der Waals surface area contributed by atoms with Gasteiger partial charge in [-0.05, 0) is 24.1 Å². The van der Waals surface area contributed by atoms with Gasteiger partial charge in [-0.3, -0.25) is 4.79 Å². The summed E-state index contributed by atoms with van der Waals surface area (Å²) in [5.41, 5.74) is 0.997. The van der Waals surface area contributed by atoms with E-state index < -0.39 is 18.1 Å². The lowest BCUT2D eigenvalue weighted by atomic mass is 9.98. The third-order valence-corrected chi connectivity index (χ3v) is 3.04. The van der Waals surface area contributed by atoms with Crippen LogP contribution in [-0.2, 0) is 9.53 Å². The van der Waals surface area contributed by atoms with Crippen molar-refractivity contribution >= 4 is 5.97 Å². The van der Waals surface area contributed by atoms with E-state index in [0.29, 0.717) is 17.7 Å². The Hall–Kier alpha value is -1.72. The molecule has 0 aliphatic carbocycles. The molecule has 1 rings (SSSR count). The van der Waals surface area contributed by atoms with Crippen LogP contribution in [0.4, 0.5) is 4.39 Å². The van der Waals surface area contributed by atoms with Gasteiger partial charge in [0.25, 0.3) is 0 Å². The van der Waals surface area contributed by atoms with Gasteiger partial charge in [0.1, 0.15) is 5.82 Å². The number of aryl methyl sites for hydroxylation is 1. The molecule has 0 fully saturated rings. The highest BCUT2D eigenvalue weighted by molar-refractivity contribution is 5.70.